The first-order valence-electron chi connectivity index (χ1n) is 5.50. The number of nitrogens with zero attached hydrogens (tertiary/aromatic N) is 4. The first kappa shape index (κ1) is 11.8. The van der Waals surface area contributed by atoms with Gasteiger partial charge in [0, 0.05) is 5.69 Å². The SMILES string of the molecule is O=C(O)c1cc(Nc2ncnc3n[nH]nc23)ccc1O. The van der Waals surface area contributed by atoms with Crippen LogP contribution in [0.2, 0.25) is 0 Å². The number of aromatic nitrogens is 5. The maximum absolute atomic E-state index is 11.0. The van der Waals surface area contributed by atoms with E-state index in [1.165, 1.54) is 24.5 Å². The van der Waals surface area contributed by atoms with Crippen molar-refractivity contribution in [3.63, 3.8) is 0 Å². The van der Waals surface area contributed by atoms with Crippen molar-refractivity contribution >= 4 is 28.6 Å². The fourth-order valence-electron chi connectivity index (χ4n) is 1.69. The number of hydrogen-bond acceptors (Lipinski definition) is 7. The maximum atomic E-state index is 11.0. The van der Waals surface area contributed by atoms with E-state index in [0.717, 1.165) is 0 Å². The Morgan fingerprint density at radius 1 is 1.25 bits per heavy atom. The van der Waals surface area contributed by atoms with Crippen molar-refractivity contribution < 1.29 is 15.0 Å². The lowest BCUT2D eigenvalue weighted by Crippen LogP contribution is -2.00. The number of aromatic hydroxyl groups is 1. The molecule has 0 amide bonds. The van der Waals surface area contributed by atoms with Gasteiger partial charge in [0.15, 0.2) is 11.3 Å². The number of carboxylic acids is 1. The third kappa shape index (κ3) is 1.96. The van der Waals surface area contributed by atoms with Crippen LogP contribution in [-0.2, 0) is 0 Å². The number of nitrogens with one attached hydrogen (secondary N) is 2. The van der Waals surface area contributed by atoms with Crippen molar-refractivity contribution in [2.24, 2.45) is 0 Å². The number of carboxylic acid groups (broad SMARTS) is 1. The average Bonchev–Trinajstić information content (AvgIpc) is 2.90. The van der Waals surface area contributed by atoms with Gasteiger partial charge in [-0.1, -0.05) is 0 Å². The summed E-state index contributed by atoms with van der Waals surface area (Å²) in [6, 6.07) is 4.11. The number of aromatic carboxylic acids is 1. The van der Waals surface area contributed by atoms with Crippen LogP contribution in [0, 0.1) is 0 Å². The fraction of sp³-hybridized carbons (Fsp3) is 0. The number of fused-ring (bicyclic) bond motifs is 1. The van der Waals surface area contributed by atoms with Gasteiger partial charge in [-0.15, -0.1) is 5.10 Å². The highest BCUT2D eigenvalue weighted by atomic mass is 16.4. The third-order valence-electron chi connectivity index (χ3n) is 2.61. The summed E-state index contributed by atoms with van der Waals surface area (Å²) < 4.78 is 0. The molecule has 3 rings (SSSR count). The van der Waals surface area contributed by atoms with Crippen molar-refractivity contribution in [1.29, 1.82) is 0 Å². The standard InChI is InChI=1S/C11H8N6O3/c18-7-2-1-5(3-6(7)11(19)20)14-9-8-10(13-4-12-9)16-17-15-8/h1-4,18H,(H,19,20)(H2,12,13,14,15,16,17). The van der Waals surface area contributed by atoms with E-state index in [1.54, 1.807) is 0 Å². The van der Waals surface area contributed by atoms with E-state index in [4.69, 9.17) is 5.11 Å². The zero-order valence-corrected chi connectivity index (χ0v) is 9.90. The zero-order chi connectivity index (χ0) is 14.1. The van der Waals surface area contributed by atoms with E-state index in [-0.39, 0.29) is 11.3 Å². The Morgan fingerprint density at radius 3 is 2.90 bits per heavy atom. The molecule has 0 saturated heterocycles. The van der Waals surface area contributed by atoms with Crippen molar-refractivity contribution in [1.82, 2.24) is 25.4 Å². The predicted molar refractivity (Wildman–Crippen MR) is 67.8 cm³/mol. The van der Waals surface area contributed by atoms with Crippen LogP contribution in [0.15, 0.2) is 24.5 Å². The highest BCUT2D eigenvalue weighted by Crippen LogP contribution is 2.25. The number of rotatable bonds is 3. The molecule has 20 heavy (non-hydrogen) atoms. The van der Waals surface area contributed by atoms with Gasteiger partial charge in [-0.3, -0.25) is 0 Å². The van der Waals surface area contributed by atoms with E-state index in [1.807, 2.05) is 0 Å². The Kier molecular flexibility index (Phi) is 2.64. The topological polar surface area (TPSA) is 137 Å². The van der Waals surface area contributed by atoms with Gasteiger partial charge >= 0.3 is 5.97 Å². The third-order valence-corrected chi connectivity index (χ3v) is 2.61. The van der Waals surface area contributed by atoms with Crippen LogP contribution in [0.4, 0.5) is 11.5 Å². The lowest BCUT2D eigenvalue weighted by atomic mass is 10.2. The van der Waals surface area contributed by atoms with Gasteiger partial charge in [-0.2, -0.15) is 10.3 Å². The summed E-state index contributed by atoms with van der Waals surface area (Å²) in [5.41, 5.74) is 1.06. The Labute approximate surface area is 111 Å². The Morgan fingerprint density at radius 2 is 2.10 bits per heavy atom. The van der Waals surface area contributed by atoms with Gasteiger partial charge < -0.3 is 15.5 Å². The highest BCUT2D eigenvalue weighted by molar-refractivity contribution is 5.92. The molecular weight excluding hydrogens is 264 g/mol. The molecule has 2 heterocycles. The minimum absolute atomic E-state index is 0.208. The minimum atomic E-state index is -1.22. The average molecular weight is 272 g/mol. The minimum Gasteiger partial charge on any atom is -0.507 e. The molecular formula is C11H8N6O3. The number of anilines is 2. The van der Waals surface area contributed by atoms with Gasteiger partial charge in [0.1, 0.15) is 17.6 Å². The summed E-state index contributed by atoms with van der Waals surface area (Å²) in [6.07, 6.45) is 1.31. The molecule has 2 aromatic heterocycles. The van der Waals surface area contributed by atoms with Gasteiger partial charge in [-0.25, -0.2) is 14.8 Å². The molecule has 0 aliphatic rings. The number of phenols is 1. The maximum Gasteiger partial charge on any atom is 0.339 e. The van der Waals surface area contributed by atoms with Gasteiger partial charge in [-0.05, 0) is 18.2 Å². The second kappa shape index (κ2) is 4.46. The van der Waals surface area contributed by atoms with E-state index in [0.29, 0.717) is 22.7 Å². The second-order valence-corrected chi connectivity index (χ2v) is 3.88. The van der Waals surface area contributed by atoms with Crippen LogP contribution < -0.4 is 5.32 Å². The lowest BCUT2D eigenvalue weighted by molar-refractivity contribution is 0.0694. The number of H-pyrrole nitrogens is 1. The molecule has 9 heteroatoms. The molecule has 0 unspecified atom stereocenters. The monoisotopic (exact) mass is 272 g/mol. The van der Waals surface area contributed by atoms with Crippen molar-refractivity contribution in [3.05, 3.63) is 30.1 Å². The zero-order valence-electron chi connectivity index (χ0n) is 9.90. The number of benzene rings is 1. The molecule has 0 atom stereocenters. The molecule has 0 saturated carbocycles. The normalized spacial score (nSPS) is 10.6. The molecule has 0 spiro atoms. The van der Waals surface area contributed by atoms with E-state index >= 15 is 0 Å². The lowest BCUT2D eigenvalue weighted by Gasteiger charge is -2.07. The quantitative estimate of drug-likeness (QED) is 0.516. The first-order valence-corrected chi connectivity index (χ1v) is 5.50. The van der Waals surface area contributed by atoms with Crippen molar-refractivity contribution in [2.45, 2.75) is 0 Å². The predicted octanol–water partition coefficient (Wildman–Crippen LogP) is 0.895. The summed E-state index contributed by atoms with van der Waals surface area (Å²) >= 11 is 0. The summed E-state index contributed by atoms with van der Waals surface area (Å²) in [7, 11) is 0. The molecule has 0 radical (unpaired) electrons. The number of hydrogen-bond donors (Lipinski definition) is 4. The Bertz CT molecular complexity index is 800. The molecule has 0 aliphatic carbocycles. The van der Waals surface area contributed by atoms with Crippen LogP contribution in [-0.4, -0.2) is 41.6 Å². The van der Waals surface area contributed by atoms with Crippen molar-refractivity contribution in [3.8, 4) is 5.75 Å². The van der Waals surface area contributed by atoms with Crippen LogP contribution in [0.5, 0.6) is 5.75 Å². The molecule has 9 nitrogen and oxygen atoms in total. The summed E-state index contributed by atoms with van der Waals surface area (Å²) in [5.74, 6) is -1.15. The van der Waals surface area contributed by atoms with Gasteiger partial charge in [0.25, 0.3) is 0 Å². The highest BCUT2D eigenvalue weighted by Gasteiger charge is 2.12. The Balaban J connectivity index is 2.01. The molecule has 1 aromatic carbocycles. The molecule has 4 N–H and O–H groups in total. The van der Waals surface area contributed by atoms with Crippen LogP contribution in [0.3, 0.4) is 0 Å². The van der Waals surface area contributed by atoms with E-state index < -0.39 is 5.97 Å². The number of aromatic amines is 1. The Hall–Kier alpha value is -3.23. The van der Waals surface area contributed by atoms with Gasteiger partial charge in [0.2, 0.25) is 5.65 Å². The van der Waals surface area contributed by atoms with Crippen LogP contribution >= 0.6 is 0 Å². The second-order valence-electron chi connectivity index (χ2n) is 3.88. The van der Waals surface area contributed by atoms with Crippen LogP contribution in [0.25, 0.3) is 11.2 Å². The van der Waals surface area contributed by atoms with Crippen molar-refractivity contribution in [2.75, 3.05) is 5.32 Å². The fourth-order valence-corrected chi connectivity index (χ4v) is 1.69. The van der Waals surface area contributed by atoms with E-state index in [2.05, 4.69) is 30.7 Å². The number of carbonyl (C=O) groups is 1. The largest absolute Gasteiger partial charge is 0.507 e. The van der Waals surface area contributed by atoms with Crippen LogP contribution in [0.1, 0.15) is 10.4 Å². The smallest absolute Gasteiger partial charge is 0.339 e. The summed E-state index contributed by atoms with van der Waals surface area (Å²) in [5, 5.41) is 31.5. The molecule has 0 bridgehead atoms. The molecule has 3 aromatic rings. The van der Waals surface area contributed by atoms with Gasteiger partial charge in [0.05, 0.1) is 0 Å². The molecule has 0 aliphatic heterocycles. The molecule has 0 fully saturated rings. The summed E-state index contributed by atoms with van der Waals surface area (Å²) in [6.45, 7) is 0. The summed E-state index contributed by atoms with van der Waals surface area (Å²) in [4.78, 5) is 18.9. The molecule has 100 valence electrons. The first-order chi connectivity index (χ1) is 9.65. The van der Waals surface area contributed by atoms with E-state index in [9.17, 15) is 9.90 Å².